The smallest absolute Gasteiger partial charge is 0.381 e. The van der Waals surface area contributed by atoms with Gasteiger partial charge in [-0.15, -0.1) is 0 Å². The molecule has 1 aliphatic rings. The Labute approximate surface area is 194 Å². The van der Waals surface area contributed by atoms with Crippen molar-refractivity contribution in [2.75, 3.05) is 18.5 Å². The third-order valence-corrected chi connectivity index (χ3v) is 5.92. The van der Waals surface area contributed by atoms with Gasteiger partial charge in [-0.3, -0.25) is 9.78 Å². The number of nitrogens with zero attached hydrogens (tertiary/aromatic N) is 4. The van der Waals surface area contributed by atoms with E-state index in [-0.39, 0.29) is 18.2 Å². The molecule has 0 atom stereocenters. The Morgan fingerprint density at radius 2 is 1.97 bits per heavy atom. The topological polar surface area (TPSA) is 94.0 Å². The normalized spacial score (nSPS) is 15.0. The van der Waals surface area contributed by atoms with E-state index in [4.69, 9.17) is 9.72 Å². The molecule has 1 aliphatic heterocycles. The number of aryl methyl sites for hydroxylation is 2. The molecule has 0 aliphatic carbocycles. The predicted octanol–water partition coefficient (Wildman–Crippen LogP) is 3.95. The molecule has 0 unspecified atom stereocenters. The number of pyridine rings is 2. The summed E-state index contributed by atoms with van der Waals surface area (Å²) in [7, 11) is 0. The molecule has 0 aromatic carbocycles. The molecule has 0 bridgehead atoms. The van der Waals surface area contributed by atoms with Gasteiger partial charge in [-0.1, -0.05) is 6.92 Å². The summed E-state index contributed by atoms with van der Waals surface area (Å²) >= 11 is 0. The van der Waals surface area contributed by atoms with Gasteiger partial charge in [-0.05, 0) is 38.3 Å². The second kappa shape index (κ2) is 9.96. The van der Waals surface area contributed by atoms with Crippen LogP contribution in [0.5, 0.6) is 0 Å². The van der Waals surface area contributed by atoms with Crippen LogP contribution < -0.4 is 10.6 Å². The number of amides is 1. The summed E-state index contributed by atoms with van der Waals surface area (Å²) < 4.78 is 45.6. The van der Waals surface area contributed by atoms with E-state index >= 15 is 0 Å². The molecule has 0 spiro atoms. The summed E-state index contributed by atoms with van der Waals surface area (Å²) in [5.41, 5.74) is 2.32. The molecule has 1 fully saturated rings. The maximum absolute atomic E-state index is 12.8. The highest BCUT2D eigenvalue weighted by Gasteiger charge is 2.32. The second-order valence-corrected chi connectivity index (χ2v) is 8.11. The van der Waals surface area contributed by atoms with Crippen LogP contribution in [0.2, 0.25) is 0 Å². The lowest BCUT2D eigenvalue weighted by atomic mass is 10.0. The fraction of sp³-hybridized carbons (Fsp3) is 0.478. The number of hydrogen-bond donors (Lipinski definition) is 2. The Balaban J connectivity index is 1.63. The molecule has 11 heteroatoms. The molecule has 4 rings (SSSR count). The predicted molar refractivity (Wildman–Crippen MR) is 120 cm³/mol. The molecule has 0 saturated carbocycles. The van der Waals surface area contributed by atoms with Gasteiger partial charge in [0.05, 0.1) is 22.8 Å². The van der Waals surface area contributed by atoms with Gasteiger partial charge in [0.25, 0.3) is 5.91 Å². The van der Waals surface area contributed by atoms with Gasteiger partial charge >= 0.3 is 6.18 Å². The summed E-state index contributed by atoms with van der Waals surface area (Å²) in [4.78, 5) is 20.9. The van der Waals surface area contributed by atoms with E-state index in [2.05, 4.69) is 20.7 Å². The number of halogens is 3. The highest BCUT2D eigenvalue weighted by atomic mass is 19.4. The molecular formula is C23H27F3N6O2. The first kappa shape index (κ1) is 23.9. The third-order valence-electron chi connectivity index (χ3n) is 5.92. The van der Waals surface area contributed by atoms with Gasteiger partial charge in [-0.25, -0.2) is 9.67 Å². The van der Waals surface area contributed by atoms with Gasteiger partial charge in [0.2, 0.25) is 0 Å². The fourth-order valence-electron chi connectivity index (χ4n) is 4.07. The first-order valence-corrected chi connectivity index (χ1v) is 11.3. The SMILES string of the molecule is CCc1nc2c(cnn2CC)c(NC2CCOCC2)c1CNC(=O)c1ccc(C(F)(F)F)nc1. The first-order valence-electron chi connectivity index (χ1n) is 11.3. The van der Waals surface area contributed by atoms with Crippen LogP contribution in [0.25, 0.3) is 11.0 Å². The third kappa shape index (κ3) is 4.98. The van der Waals surface area contributed by atoms with Gasteiger partial charge < -0.3 is 15.4 Å². The summed E-state index contributed by atoms with van der Waals surface area (Å²) in [5.74, 6) is -0.510. The van der Waals surface area contributed by atoms with Crippen LogP contribution in [-0.2, 0) is 30.4 Å². The average molecular weight is 477 g/mol. The van der Waals surface area contributed by atoms with E-state index in [0.29, 0.717) is 26.2 Å². The second-order valence-electron chi connectivity index (χ2n) is 8.11. The zero-order chi connectivity index (χ0) is 24.3. The van der Waals surface area contributed by atoms with Crippen molar-refractivity contribution < 1.29 is 22.7 Å². The van der Waals surface area contributed by atoms with Crippen molar-refractivity contribution in [2.45, 2.75) is 58.4 Å². The molecule has 182 valence electrons. The Hall–Kier alpha value is -3.21. The first-order chi connectivity index (χ1) is 16.3. The highest BCUT2D eigenvalue weighted by Crippen LogP contribution is 2.31. The molecule has 3 aromatic rings. The van der Waals surface area contributed by atoms with Crippen LogP contribution in [0.4, 0.5) is 18.9 Å². The van der Waals surface area contributed by atoms with Crippen LogP contribution in [-0.4, -0.2) is 44.9 Å². The van der Waals surface area contributed by atoms with Crippen molar-refractivity contribution in [3.63, 3.8) is 0 Å². The minimum absolute atomic E-state index is 0.0535. The number of anilines is 1. The Bertz CT molecular complexity index is 1150. The summed E-state index contributed by atoms with van der Waals surface area (Å²) in [6.45, 7) is 6.17. The number of fused-ring (bicyclic) bond motifs is 1. The summed E-state index contributed by atoms with van der Waals surface area (Å²) in [6, 6.07) is 2.14. The minimum Gasteiger partial charge on any atom is -0.381 e. The number of carbonyl (C=O) groups is 1. The van der Waals surface area contributed by atoms with E-state index in [1.54, 1.807) is 6.20 Å². The van der Waals surface area contributed by atoms with E-state index in [9.17, 15) is 18.0 Å². The molecule has 2 N–H and O–H groups in total. The molecular weight excluding hydrogens is 449 g/mol. The minimum atomic E-state index is -4.56. The molecule has 4 heterocycles. The average Bonchev–Trinajstić information content (AvgIpc) is 3.26. The van der Waals surface area contributed by atoms with Crippen LogP contribution in [0.1, 0.15) is 54.0 Å². The summed E-state index contributed by atoms with van der Waals surface area (Å²) in [6.07, 6.45) is 0.511. The van der Waals surface area contributed by atoms with E-state index in [1.807, 2.05) is 18.5 Å². The van der Waals surface area contributed by atoms with E-state index < -0.39 is 17.8 Å². The Kier molecular flexibility index (Phi) is 7.01. The van der Waals surface area contributed by atoms with E-state index in [0.717, 1.165) is 59.1 Å². The highest BCUT2D eigenvalue weighted by molar-refractivity contribution is 5.95. The molecule has 3 aromatic heterocycles. The number of nitrogens with one attached hydrogen (secondary N) is 2. The molecule has 1 amide bonds. The van der Waals surface area contributed by atoms with Crippen LogP contribution in [0.15, 0.2) is 24.5 Å². The van der Waals surface area contributed by atoms with Gasteiger partial charge in [0.15, 0.2) is 5.65 Å². The van der Waals surface area contributed by atoms with Crippen molar-refractivity contribution in [1.29, 1.82) is 0 Å². The van der Waals surface area contributed by atoms with Crippen LogP contribution >= 0.6 is 0 Å². The lowest BCUT2D eigenvalue weighted by molar-refractivity contribution is -0.141. The van der Waals surface area contributed by atoms with Gasteiger partial charge in [0, 0.05) is 49.8 Å². The van der Waals surface area contributed by atoms with Crippen molar-refractivity contribution in [1.82, 2.24) is 25.1 Å². The summed E-state index contributed by atoms with van der Waals surface area (Å²) in [5, 5.41) is 11.8. The van der Waals surface area contributed by atoms with Crippen molar-refractivity contribution >= 4 is 22.6 Å². The zero-order valence-corrected chi connectivity index (χ0v) is 19.1. The molecule has 0 radical (unpaired) electrons. The monoisotopic (exact) mass is 476 g/mol. The maximum atomic E-state index is 12.8. The van der Waals surface area contributed by atoms with E-state index in [1.165, 1.54) is 0 Å². The number of ether oxygens (including phenoxy) is 1. The fourth-order valence-corrected chi connectivity index (χ4v) is 4.07. The molecule has 34 heavy (non-hydrogen) atoms. The van der Waals surface area contributed by atoms with Gasteiger partial charge in [-0.2, -0.15) is 18.3 Å². The quantitative estimate of drug-likeness (QED) is 0.536. The largest absolute Gasteiger partial charge is 0.433 e. The van der Waals surface area contributed by atoms with Crippen molar-refractivity contribution in [3.8, 4) is 0 Å². The molecule has 1 saturated heterocycles. The van der Waals surface area contributed by atoms with Crippen LogP contribution in [0, 0.1) is 0 Å². The number of aromatic nitrogens is 4. The zero-order valence-electron chi connectivity index (χ0n) is 19.1. The van der Waals surface area contributed by atoms with Gasteiger partial charge in [0.1, 0.15) is 5.69 Å². The Morgan fingerprint density at radius 3 is 2.59 bits per heavy atom. The standard InChI is InChI=1S/C23H27F3N6O2/c1-3-18-16(12-28-22(33)14-5-6-19(27-11-14)23(24,25)26)20(30-15-7-9-34-10-8-15)17-13-29-32(4-2)21(17)31-18/h5-6,11,13,15H,3-4,7-10,12H2,1-2H3,(H,28,33)(H,30,31). The maximum Gasteiger partial charge on any atom is 0.433 e. The molecule has 8 nitrogen and oxygen atoms in total. The Morgan fingerprint density at radius 1 is 1.21 bits per heavy atom. The number of alkyl halides is 3. The number of carbonyl (C=O) groups excluding carboxylic acids is 1. The van der Waals surface area contributed by atoms with Crippen LogP contribution in [0.3, 0.4) is 0 Å². The van der Waals surface area contributed by atoms with Crippen molar-refractivity contribution in [3.05, 3.63) is 47.0 Å². The number of rotatable bonds is 7. The van der Waals surface area contributed by atoms with Crippen molar-refractivity contribution in [2.24, 2.45) is 0 Å². The number of hydrogen-bond acceptors (Lipinski definition) is 6. The lowest BCUT2D eigenvalue weighted by Gasteiger charge is -2.26. The lowest BCUT2D eigenvalue weighted by Crippen LogP contribution is -2.30.